The number of hydrogen-bond donors (Lipinski definition) is 2. The Labute approximate surface area is 134 Å². The lowest BCUT2D eigenvalue weighted by atomic mass is 9.89. The average molecular weight is 320 g/mol. The molecule has 1 aromatic rings. The summed E-state index contributed by atoms with van der Waals surface area (Å²) in [6, 6.07) is 1.86. The summed E-state index contributed by atoms with van der Waals surface area (Å²) in [6.45, 7) is 3.52. The van der Waals surface area contributed by atoms with Crippen molar-refractivity contribution in [2.45, 2.75) is 38.8 Å². The Hall–Kier alpha value is -1.89. The minimum atomic E-state index is -0.349. The summed E-state index contributed by atoms with van der Waals surface area (Å²) in [4.78, 5) is 40.2. The van der Waals surface area contributed by atoms with Gasteiger partial charge >= 0.3 is 5.69 Å². The molecule has 0 bridgehead atoms. The summed E-state index contributed by atoms with van der Waals surface area (Å²) in [5.74, 6) is 1.19. The van der Waals surface area contributed by atoms with Crippen LogP contribution in [-0.4, -0.2) is 46.5 Å². The van der Waals surface area contributed by atoms with Gasteiger partial charge in [0.2, 0.25) is 5.91 Å². The predicted molar refractivity (Wildman–Crippen MR) is 86.3 cm³/mol. The first-order chi connectivity index (χ1) is 10.9. The van der Waals surface area contributed by atoms with E-state index in [2.05, 4.69) is 15.2 Å². The lowest BCUT2D eigenvalue weighted by Gasteiger charge is -2.24. The first kappa shape index (κ1) is 16.0. The molecule has 1 saturated carbocycles. The molecule has 3 atom stereocenters. The molecule has 0 spiro atoms. The third kappa shape index (κ3) is 3.39. The number of piperidine rings is 1. The van der Waals surface area contributed by atoms with Crippen LogP contribution in [-0.2, 0) is 11.3 Å². The van der Waals surface area contributed by atoms with E-state index in [1.54, 1.807) is 6.92 Å². The van der Waals surface area contributed by atoms with Crippen LogP contribution in [0.15, 0.2) is 15.7 Å². The van der Waals surface area contributed by atoms with Crippen LogP contribution in [0, 0.1) is 18.8 Å². The number of nitrogens with one attached hydrogen (secondary N) is 2. The molecular weight excluding hydrogens is 296 g/mol. The van der Waals surface area contributed by atoms with E-state index in [4.69, 9.17) is 0 Å². The average Bonchev–Trinajstić information content (AvgIpc) is 2.88. The van der Waals surface area contributed by atoms with Gasteiger partial charge in [-0.1, -0.05) is 0 Å². The summed E-state index contributed by atoms with van der Waals surface area (Å²) >= 11 is 0. The topological polar surface area (TPSA) is 87.2 Å². The second-order valence-corrected chi connectivity index (χ2v) is 6.88. The molecule has 2 fully saturated rings. The van der Waals surface area contributed by atoms with E-state index in [0.717, 1.165) is 19.4 Å². The minimum absolute atomic E-state index is 0.160. The number of fused-ring (bicyclic) bond motifs is 1. The first-order valence-electron chi connectivity index (χ1n) is 8.21. The summed E-state index contributed by atoms with van der Waals surface area (Å²) < 4.78 is 1.25. The molecule has 2 heterocycles. The summed E-state index contributed by atoms with van der Waals surface area (Å²) in [5, 5.41) is 2.94. The quantitative estimate of drug-likeness (QED) is 0.797. The van der Waals surface area contributed by atoms with Crippen molar-refractivity contribution < 1.29 is 4.79 Å². The van der Waals surface area contributed by atoms with E-state index in [-0.39, 0.29) is 17.2 Å². The van der Waals surface area contributed by atoms with E-state index in [1.807, 2.05) is 7.05 Å². The lowest BCUT2D eigenvalue weighted by molar-refractivity contribution is -0.124. The van der Waals surface area contributed by atoms with Crippen LogP contribution < -0.4 is 16.6 Å². The van der Waals surface area contributed by atoms with Crippen molar-refractivity contribution in [2.24, 2.45) is 11.8 Å². The lowest BCUT2D eigenvalue weighted by Crippen LogP contribution is -2.40. The Balaban J connectivity index is 1.60. The second-order valence-electron chi connectivity index (χ2n) is 6.88. The molecule has 0 unspecified atom stereocenters. The van der Waals surface area contributed by atoms with Gasteiger partial charge in [-0.3, -0.25) is 14.2 Å². The van der Waals surface area contributed by atoms with Crippen LogP contribution >= 0.6 is 0 Å². The number of aromatic nitrogens is 2. The van der Waals surface area contributed by atoms with Crippen LogP contribution in [0.2, 0.25) is 0 Å². The smallest absolute Gasteiger partial charge is 0.328 e. The fraction of sp³-hybridized carbons (Fsp3) is 0.688. The van der Waals surface area contributed by atoms with Gasteiger partial charge < -0.3 is 15.2 Å². The van der Waals surface area contributed by atoms with Crippen LogP contribution in [0.1, 0.15) is 25.0 Å². The molecule has 2 aliphatic rings. The highest BCUT2D eigenvalue weighted by Gasteiger charge is 2.39. The Morgan fingerprint density at radius 3 is 2.74 bits per heavy atom. The van der Waals surface area contributed by atoms with Crippen LogP contribution in [0.4, 0.5) is 0 Å². The molecule has 1 aliphatic heterocycles. The zero-order chi connectivity index (χ0) is 16.6. The molecule has 23 heavy (non-hydrogen) atoms. The monoisotopic (exact) mass is 320 g/mol. The number of nitrogens with zero attached hydrogens (tertiary/aromatic N) is 2. The Morgan fingerprint density at radius 1 is 1.26 bits per heavy atom. The van der Waals surface area contributed by atoms with Crippen LogP contribution in [0.25, 0.3) is 0 Å². The highest BCUT2D eigenvalue weighted by Crippen LogP contribution is 2.38. The maximum absolute atomic E-state index is 11.9. The first-order valence-corrected chi connectivity index (χ1v) is 8.21. The number of aryl methyl sites for hydroxylation is 1. The molecule has 7 nitrogen and oxygen atoms in total. The van der Waals surface area contributed by atoms with E-state index >= 15 is 0 Å². The number of hydrogen-bond acceptors (Lipinski definition) is 4. The fourth-order valence-electron chi connectivity index (χ4n) is 3.88. The van der Waals surface area contributed by atoms with Gasteiger partial charge in [-0.2, -0.15) is 0 Å². The zero-order valence-electron chi connectivity index (χ0n) is 13.7. The predicted octanol–water partition coefficient (Wildman–Crippen LogP) is -0.308. The van der Waals surface area contributed by atoms with E-state index in [1.165, 1.54) is 10.6 Å². The number of carbonyl (C=O) groups is 1. The highest BCUT2D eigenvalue weighted by molar-refractivity contribution is 5.77. The number of H-pyrrole nitrogens is 1. The van der Waals surface area contributed by atoms with Crippen molar-refractivity contribution in [1.82, 2.24) is 19.8 Å². The molecule has 0 radical (unpaired) electrons. The molecule has 2 N–H and O–H groups in total. The second kappa shape index (κ2) is 6.31. The Kier molecular flexibility index (Phi) is 4.39. The largest absolute Gasteiger partial charge is 0.356 e. The molecule has 3 rings (SSSR count). The van der Waals surface area contributed by atoms with Gasteiger partial charge in [-0.05, 0) is 38.6 Å². The van der Waals surface area contributed by atoms with Gasteiger partial charge in [0.05, 0.1) is 0 Å². The Bertz CT molecular complexity index is 677. The van der Waals surface area contributed by atoms with E-state index < -0.39 is 0 Å². The van der Waals surface area contributed by atoms with Gasteiger partial charge in [-0.25, -0.2) is 4.79 Å². The number of carbonyl (C=O) groups excluding carboxylic acids is 1. The fourth-order valence-corrected chi connectivity index (χ4v) is 3.88. The van der Waals surface area contributed by atoms with Crippen molar-refractivity contribution in [3.8, 4) is 0 Å². The summed E-state index contributed by atoms with van der Waals surface area (Å²) in [7, 11) is 2.03. The third-order valence-corrected chi connectivity index (χ3v) is 5.28. The minimum Gasteiger partial charge on any atom is -0.356 e. The maximum Gasteiger partial charge on any atom is 0.328 e. The highest BCUT2D eigenvalue weighted by atomic mass is 16.2. The number of rotatable bonds is 4. The number of amides is 1. The van der Waals surface area contributed by atoms with Crippen molar-refractivity contribution in [2.75, 3.05) is 20.1 Å². The molecule has 1 aromatic heterocycles. The third-order valence-electron chi connectivity index (χ3n) is 5.28. The zero-order valence-corrected chi connectivity index (χ0v) is 13.7. The molecule has 1 aliphatic carbocycles. The molecule has 0 aromatic carbocycles. The van der Waals surface area contributed by atoms with Crippen molar-refractivity contribution in [3.05, 3.63) is 32.6 Å². The van der Waals surface area contributed by atoms with Gasteiger partial charge in [-0.15, -0.1) is 0 Å². The van der Waals surface area contributed by atoms with Crippen LogP contribution in [0.5, 0.6) is 0 Å². The normalized spacial score (nSPS) is 27.1. The number of likely N-dealkylation sites (N-methyl/N-ethyl adjacent to an activating group) is 1. The molecule has 1 saturated heterocycles. The molecule has 7 heteroatoms. The summed E-state index contributed by atoms with van der Waals surface area (Å²) in [5.41, 5.74) is -0.0190. The molecule has 1 amide bonds. The van der Waals surface area contributed by atoms with Gasteiger partial charge in [0.15, 0.2) is 0 Å². The number of aromatic amines is 1. The van der Waals surface area contributed by atoms with Crippen molar-refractivity contribution in [3.63, 3.8) is 0 Å². The standard InChI is InChI=1S/C16H24N4O3/c1-10-5-15(22)20(16(23)18-10)4-3-19(2)13-6-11-8-14(21)17-9-12(11)7-13/h5,11-13H,3-4,6-9H2,1-2H3,(H,17,21)(H,18,23)/t11-,12+,13-/m1/s1. The van der Waals surface area contributed by atoms with Gasteiger partial charge in [0, 0.05) is 43.9 Å². The van der Waals surface area contributed by atoms with Gasteiger partial charge in [0.25, 0.3) is 5.56 Å². The van der Waals surface area contributed by atoms with Crippen molar-refractivity contribution >= 4 is 5.91 Å². The molecule has 126 valence electrons. The van der Waals surface area contributed by atoms with E-state index in [0.29, 0.717) is 43.1 Å². The summed E-state index contributed by atoms with van der Waals surface area (Å²) in [6.07, 6.45) is 2.72. The van der Waals surface area contributed by atoms with Crippen molar-refractivity contribution in [1.29, 1.82) is 0 Å². The van der Waals surface area contributed by atoms with E-state index in [9.17, 15) is 14.4 Å². The Morgan fingerprint density at radius 2 is 2.00 bits per heavy atom. The maximum atomic E-state index is 11.9. The van der Waals surface area contributed by atoms with Gasteiger partial charge in [0.1, 0.15) is 0 Å². The van der Waals surface area contributed by atoms with Crippen LogP contribution in [0.3, 0.4) is 0 Å². The molecular formula is C16H24N4O3. The SMILES string of the molecule is Cc1cc(=O)n(CCN(C)[C@H]2C[C@H]3CNC(=O)C[C@H]3C2)c(=O)[nH]1.